The van der Waals surface area contributed by atoms with Gasteiger partial charge in [-0.05, 0) is 57.2 Å². The molecule has 1 N–H and O–H groups in total. The molecule has 0 aliphatic rings. The van der Waals surface area contributed by atoms with Crippen molar-refractivity contribution in [2.75, 3.05) is 5.32 Å². The normalized spacial score (nSPS) is 11.5. The van der Waals surface area contributed by atoms with Gasteiger partial charge in [0.1, 0.15) is 0 Å². The number of halogens is 3. The van der Waals surface area contributed by atoms with Crippen LogP contribution in [0.1, 0.15) is 33.1 Å². The van der Waals surface area contributed by atoms with E-state index in [1.807, 2.05) is 19.9 Å². The van der Waals surface area contributed by atoms with Crippen LogP contribution >= 0.6 is 0 Å². The lowest BCUT2D eigenvalue weighted by Gasteiger charge is -2.13. The Bertz CT molecular complexity index is 1440. The largest absolute Gasteiger partial charge is 0.416 e. The van der Waals surface area contributed by atoms with Gasteiger partial charge in [-0.3, -0.25) is 9.59 Å². The third-order valence-corrected chi connectivity index (χ3v) is 4.97. The maximum Gasteiger partial charge on any atom is 0.416 e. The number of anilines is 1. The molecule has 0 saturated heterocycles. The molecule has 0 unspecified atom stereocenters. The highest BCUT2D eigenvalue weighted by Gasteiger charge is 2.30. The summed E-state index contributed by atoms with van der Waals surface area (Å²) in [6, 6.07) is 10.7. The Hall–Kier alpha value is -4.28. The van der Waals surface area contributed by atoms with Crippen LogP contribution in [0.15, 0.2) is 59.5 Å². The molecule has 0 fully saturated rings. The molecule has 0 saturated carbocycles. The Morgan fingerprint density at radius 1 is 0.941 bits per heavy atom. The van der Waals surface area contributed by atoms with E-state index in [0.29, 0.717) is 11.5 Å². The number of amides is 1. The van der Waals surface area contributed by atoms with E-state index >= 15 is 0 Å². The number of hydrogen-bond donors (Lipinski definition) is 1. The van der Waals surface area contributed by atoms with Gasteiger partial charge in [0.25, 0.3) is 5.91 Å². The van der Waals surface area contributed by atoms with E-state index in [0.717, 1.165) is 34.3 Å². The van der Waals surface area contributed by atoms with Crippen molar-refractivity contribution in [3.8, 4) is 11.5 Å². The van der Waals surface area contributed by atoms with Crippen LogP contribution in [-0.2, 0) is 6.18 Å². The Morgan fingerprint density at radius 2 is 1.68 bits per heavy atom. The van der Waals surface area contributed by atoms with Crippen LogP contribution in [0.2, 0.25) is 0 Å². The lowest BCUT2D eigenvalue weighted by atomic mass is 10.2. The lowest BCUT2D eigenvalue weighted by Crippen LogP contribution is -2.27. The van der Waals surface area contributed by atoms with Crippen LogP contribution in [-0.4, -0.2) is 30.5 Å². The van der Waals surface area contributed by atoms with E-state index in [-0.39, 0.29) is 11.4 Å². The summed E-state index contributed by atoms with van der Waals surface area (Å²) in [7, 11) is 0. The summed E-state index contributed by atoms with van der Waals surface area (Å²) in [5.74, 6) is -0.268. The van der Waals surface area contributed by atoms with E-state index < -0.39 is 28.8 Å². The molecule has 0 bridgehead atoms. The molecule has 0 aliphatic heterocycles. The molecule has 0 atom stereocenters. The van der Waals surface area contributed by atoms with Gasteiger partial charge in [0.05, 0.1) is 28.8 Å². The van der Waals surface area contributed by atoms with Crippen molar-refractivity contribution in [2.45, 2.75) is 26.9 Å². The Labute approximate surface area is 191 Å². The van der Waals surface area contributed by atoms with E-state index in [1.54, 1.807) is 16.8 Å². The third-order valence-electron chi connectivity index (χ3n) is 4.97. The van der Waals surface area contributed by atoms with Crippen LogP contribution in [0.5, 0.6) is 0 Å². The molecule has 174 valence electrons. The molecule has 3 aromatic heterocycles. The number of nitrogens with zero attached hydrogens (tertiary/aromatic N) is 5. The first-order chi connectivity index (χ1) is 16.0. The molecule has 1 aromatic carbocycles. The van der Waals surface area contributed by atoms with Crippen LogP contribution in [0, 0.1) is 20.8 Å². The quantitative estimate of drug-likeness (QED) is 0.489. The van der Waals surface area contributed by atoms with Gasteiger partial charge in [0.2, 0.25) is 5.43 Å². The fourth-order valence-electron chi connectivity index (χ4n) is 3.42. The molecule has 8 nitrogen and oxygen atoms in total. The van der Waals surface area contributed by atoms with Crippen LogP contribution < -0.4 is 10.7 Å². The number of nitrogens with one attached hydrogen (secondary N) is 1. The van der Waals surface area contributed by atoms with Crippen molar-refractivity contribution >= 4 is 11.6 Å². The van der Waals surface area contributed by atoms with Gasteiger partial charge in [-0.25, -0.2) is 14.3 Å². The highest BCUT2D eigenvalue weighted by Crippen LogP contribution is 2.30. The topological polar surface area (TPSA) is 94.7 Å². The fraction of sp³-hybridized carbons (Fsp3) is 0.174. The summed E-state index contributed by atoms with van der Waals surface area (Å²) in [5, 5.41) is 10.9. The summed E-state index contributed by atoms with van der Waals surface area (Å²) < 4.78 is 42.1. The summed E-state index contributed by atoms with van der Waals surface area (Å²) >= 11 is 0. The predicted octanol–water partition coefficient (Wildman–Crippen LogP) is 4.01. The van der Waals surface area contributed by atoms with Gasteiger partial charge in [-0.15, -0.1) is 0 Å². The Kier molecular flexibility index (Phi) is 5.78. The maximum atomic E-state index is 13.1. The highest BCUT2D eigenvalue weighted by molar-refractivity contribution is 6.02. The maximum absolute atomic E-state index is 13.1. The SMILES string of the molecule is Cc1cc(C)n(-c2ccc(NC(=O)c3nn(-c4cccc(C(F)(F)F)c4)c(C)cc3=O)cn2)n1. The summed E-state index contributed by atoms with van der Waals surface area (Å²) in [6.45, 7) is 5.26. The van der Waals surface area contributed by atoms with Crippen LogP contribution in [0.25, 0.3) is 11.5 Å². The van der Waals surface area contributed by atoms with Crippen molar-refractivity contribution in [1.82, 2.24) is 24.5 Å². The average Bonchev–Trinajstić information content (AvgIpc) is 3.11. The number of aromatic nitrogens is 5. The van der Waals surface area contributed by atoms with Gasteiger partial charge in [0, 0.05) is 17.5 Å². The minimum Gasteiger partial charge on any atom is -0.319 e. The molecule has 4 rings (SSSR count). The lowest BCUT2D eigenvalue weighted by molar-refractivity contribution is -0.137. The van der Waals surface area contributed by atoms with E-state index in [2.05, 4.69) is 20.5 Å². The smallest absolute Gasteiger partial charge is 0.319 e. The number of rotatable bonds is 4. The van der Waals surface area contributed by atoms with Crippen molar-refractivity contribution in [2.24, 2.45) is 0 Å². The van der Waals surface area contributed by atoms with Crippen molar-refractivity contribution in [3.05, 3.63) is 93.3 Å². The highest BCUT2D eigenvalue weighted by atomic mass is 19.4. The molecule has 0 radical (unpaired) electrons. The van der Waals surface area contributed by atoms with Crippen LogP contribution in [0.4, 0.5) is 18.9 Å². The van der Waals surface area contributed by atoms with Gasteiger partial charge in [-0.1, -0.05) is 6.07 Å². The monoisotopic (exact) mass is 468 g/mol. The van der Waals surface area contributed by atoms with Crippen molar-refractivity contribution in [3.63, 3.8) is 0 Å². The fourth-order valence-corrected chi connectivity index (χ4v) is 3.42. The van der Waals surface area contributed by atoms with Gasteiger partial charge in [-0.2, -0.15) is 23.4 Å². The molecule has 0 spiro atoms. The first-order valence-electron chi connectivity index (χ1n) is 10.1. The summed E-state index contributed by atoms with van der Waals surface area (Å²) in [5.41, 5.74) is 0.373. The Balaban J connectivity index is 1.62. The zero-order chi connectivity index (χ0) is 24.6. The average molecular weight is 468 g/mol. The predicted molar refractivity (Wildman–Crippen MR) is 118 cm³/mol. The number of benzene rings is 1. The molecule has 0 aliphatic carbocycles. The number of carbonyl (C=O) groups is 1. The van der Waals surface area contributed by atoms with Crippen LogP contribution in [0.3, 0.4) is 0 Å². The minimum absolute atomic E-state index is 0.0669. The molecule has 11 heteroatoms. The number of aryl methyl sites for hydroxylation is 3. The number of hydrogen-bond acceptors (Lipinski definition) is 5. The van der Waals surface area contributed by atoms with Crippen molar-refractivity contribution < 1.29 is 18.0 Å². The first-order valence-corrected chi connectivity index (χ1v) is 10.1. The molecule has 3 heterocycles. The van der Waals surface area contributed by atoms with E-state index in [1.165, 1.54) is 25.3 Å². The third kappa shape index (κ3) is 4.58. The molecular weight excluding hydrogens is 449 g/mol. The standard InChI is InChI=1S/C23H19F3N6O2/c1-13-9-14(2)32(29-13)20-8-7-17(12-27-20)28-22(34)21-19(33)10-15(3)31(30-21)18-6-4-5-16(11-18)23(24,25)26/h4-12H,1-3H3,(H,28,34). The van der Waals surface area contributed by atoms with Gasteiger partial charge < -0.3 is 5.32 Å². The van der Waals surface area contributed by atoms with Gasteiger partial charge in [0.15, 0.2) is 11.5 Å². The Morgan fingerprint density at radius 3 is 2.29 bits per heavy atom. The molecule has 1 amide bonds. The van der Waals surface area contributed by atoms with E-state index in [4.69, 9.17) is 0 Å². The zero-order valence-electron chi connectivity index (χ0n) is 18.4. The van der Waals surface area contributed by atoms with E-state index in [9.17, 15) is 22.8 Å². The van der Waals surface area contributed by atoms with Crippen molar-refractivity contribution in [1.29, 1.82) is 0 Å². The second-order valence-corrected chi connectivity index (χ2v) is 7.66. The minimum atomic E-state index is -4.55. The summed E-state index contributed by atoms with van der Waals surface area (Å²) in [6.07, 6.45) is -3.14. The molecular formula is C23H19F3N6O2. The molecule has 34 heavy (non-hydrogen) atoms. The first kappa shape index (κ1) is 22.9. The number of carbonyl (C=O) groups excluding carboxylic acids is 1. The summed E-state index contributed by atoms with van der Waals surface area (Å²) in [4.78, 5) is 29.5. The second kappa shape index (κ2) is 8.58. The zero-order valence-corrected chi connectivity index (χ0v) is 18.4. The van der Waals surface area contributed by atoms with Gasteiger partial charge >= 0.3 is 6.18 Å². The molecule has 4 aromatic rings. The number of pyridine rings is 1. The number of alkyl halides is 3. The second-order valence-electron chi connectivity index (χ2n) is 7.66.